The summed E-state index contributed by atoms with van der Waals surface area (Å²) < 4.78 is 17.2. The first-order valence-electron chi connectivity index (χ1n) is 13.4. The van der Waals surface area contributed by atoms with Gasteiger partial charge in [0.2, 0.25) is 0 Å². The van der Waals surface area contributed by atoms with E-state index in [0.29, 0.717) is 31.7 Å². The van der Waals surface area contributed by atoms with Crippen LogP contribution in [0.5, 0.6) is 11.5 Å². The Morgan fingerprint density at radius 3 is 2.49 bits per heavy atom. The topological polar surface area (TPSA) is 39.7 Å². The number of hydrogen-bond acceptors (Lipinski definition) is 4. The molecular weight excluding hydrogens is 458 g/mol. The van der Waals surface area contributed by atoms with E-state index in [1.54, 1.807) is 7.11 Å². The number of ether oxygens (including phenoxy) is 3. The number of fused-ring (bicyclic) bond motifs is 1. The summed E-state index contributed by atoms with van der Waals surface area (Å²) in [6.07, 6.45) is 3.10. The summed E-state index contributed by atoms with van der Waals surface area (Å²) in [5, 5.41) is 6.34. The van der Waals surface area contributed by atoms with Crippen LogP contribution in [-0.4, -0.2) is 33.4 Å². The van der Waals surface area contributed by atoms with Crippen LogP contribution in [0.3, 0.4) is 0 Å². The van der Waals surface area contributed by atoms with Crippen LogP contribution in [0, 0.1) is 5.92 Å². The van der Waals surface area contributed by atoms with Crippen LogP contribution in [0.4, 0.5) is 0 Å². The molecule has 5 rings (SSSR count). The van der Waals surface area contributed by atoms with Gasteiger partial charge in [0, 0.05) is 12.0 Å². The monoisotopic (exact) mass is 495 g/mol. The van der Waals surface area contributed by atoms with Gasteiger partial charge in [-0.15, -0.1) is 0 Å². The maximum absolute atomic E-state index is 6.00. The highest BCUT2D eigenvalue weighted by molar-refractivity contribution is 5.85. The van der Waals surface area contributed by atoms with Crippen LogP contribution < -0.4 is 14.8 Å². The molecule has 0 radical (unpaired) electrons. The average molecular weight is 496 g/mol. The summed E-state index contributed by atoms with van der Waals surface area (Å²) in [4.78, 5) is 0. The molecule has 1 N–H and O–H groups in total. The summed E-state index contributed by atoms with van der Waals surface area (Å²) in [6.45, 7) is 3.98. The maximum Gasteiger partial charge on any atom is 0.124 e. The molecule has 0 bridgehead atoms. The first-order valence-corrected chi connectivity index (χ1v) is 13.4. The molecule has 4 heteroatoms. The molecule has 0 saturated carbocycles. The quantitative estimate of drug-likeness (QED) is 0.233. The fraction of sp³-hybridized carbons (Fsp3) is 0.333. The molecule has 1 fully saturated rings. The predicted octanol–water partition coefficient (Wildman–Crippen LogP) is 6.77. The lowest BCUT2D eigenvalue weighted by molar-refractivity contribution is 0.105. The number of benzene rings is 4. The molecule has 37 heavy (non-hydrogen) atoms. The lowest BCUT2D eigenvalue weighted by Gasteiger charge is -2.33. The smallest absolute Gasteiger partial charge is 0.124 e. The van der Waals surface area contributed by atoms with E-state index >= 15 is 0 Å². The number of piperidine rings is 1. The third kappa shape index (κ3) is 6.51. The highest BCUT2D eigenvalue weighted by Gasteiger charge is 2.27. The van der Waals surface area contributed by atoms with E-state index in [1.165, 1.54) is 28.3 Å². The van der Waals surface area contributed by atoms with Gasteiger partial charge in [0.15, 0.2) is 0 Å². The molecule has 1 saturated heterocycles. The summed E-state index contributed by atoms with van der Waals surface area (Å²) in [5.41, 5.74) is 3.93. The summed E-state index contributed by atoms with van der Waals surface area (Å²) >= 11 is 0. The Bertz CT molecular complexity index is 1260. The van der Waals surface area contributed by atoms with Crippen LogP contribution >= 0.6 is 0 Å². The number of rotatable bonds is 11. The normalized spacial score (nSPS) is 17.5. The Labute approximate surface area is 220 Å². The zero-order valence-corrected chi connectivity index (χ0v) is 21.7. The number of para-hydroxylation sites is 1. The van der Waals surface area contributed by atoms with Crippen molar-refractivity contribution in [2.75, 3.05) is 33.4 Å². The fourth-order valence-corrected chi connectivity index (χ4v) is 5.50. The van der Waals surface area contributed by atoms with Gasteiger partial charge in [-0.05, 0) is 77.9 Å². The van der Waals surface area contributed by atoms with Gasteiger partial charge in [-0.25, -0.2) is 0 Å². The molecule has 0 aliphatic carbocycles. The lowest BCUT2D eigenvalue weighted by Crippen LogP contribution is -2.36. The number of hydrogen-bond donors (Lipinski definition) is 1. The van der Waals surface area contributed by atoms with Crippen molar-refractivity contribution >= 4 is 10.8 Å². The van der Waals surface area contributed by atoms with Crippen LogP contribution in [0.2, 0.25) is 0 Å². The second-order valence-corrected chi connectivity index (χ2v) is 9.84. The molecule has 2 unspecified atom stereocenters. The Morgan fingerprint density at radius 1 is 0.811 bits per heavy atom. The van der Waals surface area contributed by atoms with Crippen molar-refractivity contribution in [1.29, 1.82) is 0 Å². The average Bonchev–Trinajstić information content (AvgIpc) is 2.96. The van der Waals surface area contributed by atoms with Gasteiger partial charge in [-0.3, -0.25) is 0 Å². The molecule has 192 valence electrons. The van der Waals surface area contributed by atoms with Crippen molar-refractivity contribution in [2.24, 2.45) is 5.92 Å². The van der Waals surface area contributed by atoms with Gasteiger partial charge < -0.3 is 19.5 Å². The van der Waals surface area contributed by atoms with E-state index in [0.717, 1.165) is 43.0 Å². The van der Waals surface area contributed by atoms with Gasteiger partial charge in [-0.1, -0.05) is 72.8 Å². The Balaban J connectivity index is 1.12. The highest BCUT2D eigenvalue weighted by Crippen LogP contribution is 2.35. The van der Waals surface area contributed by atoms with Crippen LogP contribution in [-0.2, 0) is 17.8 Å². The van der Waals surface area contributed by atoms with E-state index in [9.17, 15) is 0 Å². The van der Waals surface area contributed by atoms with Crippen molar-refractivity contribution in [3.63, 3.8) is 0 Å². The highest BCUT2D eigenvalue weighted by atomic mass is 16.5. The third-order valence-corrected chi connectivity index (χ3v) is 7.43. The predicted molar refractivity (Wildman–Crippen MR) is 151 cm³/mol. The van der Waals surface area contributed by atoms with Crippen LogP contribution in [0.1, 0.15) is 35.4 Å². The van der Waals surface area contributed by atoms with E-state index in [-0.39, 0.29) is 0 Å². The molecule has 4 aromatic carbocycles. The molecule has 4 aromatic rings. The largest absolute Gasteiger partial charge is 0.496 e. The zero-order valence-electron chi connectivity index (χ0n) is 21.7. The van der Waals surface area contributed by atoms with Gasteiger partial charge in [0.1, 0.15) is 11.5 Å². The minimum Gasteiger partial charge on any atom is -0.496 e. The van der Waals surface area contributed by atoms with E-state index < -0.39 is 0 Å². The summed E-state index contributed by atoms with van der Waals surface area (Å²) in [5.74, 6) is 2.92. The van der Waals surface area contributed by atoms with Crippen LogP contribution in [0.25, 0.3) is 10.8 Å². The molecule has 0 spiro atoms. The van der Waals surface area contributed by atoms with Crippen molar-refractivity contribution in [3.8, 4) is 11.5 Å². The van der Waals surface area contributed by atoms with E-state index in [2.05, 4.69) is 72.0 Å². The Kier molecular flexibility index (Phi) is 8.73. The van der Waals surface area contributed by atoms with E-state index in [4.69, 9.17) is 14.2 Å². The second kappa shape index (κ2) is 12.8. The number of methoxy groups -OCH3 is 1. The molecule has 1 heterocycles. The van der Waals surface area contributed by atoms with Crippen molar-refractivity contribution in [3.05, 3.63) is 108 Å². The Morgan fingerprint density at radius 2 is 1.59 bits per heavy atom. The Hall–Kier alpha value is -3.34. The first kappa shape index (κ1) is 25.3. The molecule has 1 aliphatic rings. The molecule has 2 atom stereocenters. The summed E-state index contributed by atoms with van der Waals surface area (Å²) in [6, 6.07) is 32.2. The van der Waals surface area contributed by atoms with Crippen molar-refractivity contribution in [1.82, 2.24) is 5.32 Å². The van der Waals surface area contributed by atoms with Crippen LogP contribution in [0.15, 0.2) is 91.0 Å². The molecular formula is C33H37NO3. The van der Waals surface area contributed by atoms with Gasteiger partial charge in [0.25, 0.3) is 0 Å². The molecule has 1 aliphatic heterocycles. The second-order valence-electron chi connectivity index (χ2n) is 9.84. The van der Waals surface area contributed by atoms with Crippen molar-refractivity contribution < 1.29 is 14.2 Å². The third-order valence-electron chi connectivity index (χ3n) is 7.43. The van der Waals surface area contributed by atoms with Gasteiger partial charge >= 0.3 is 0 Å². The standard InChI is InChI=1S/C33H37NO3/c1-35-33-13-5-3-9-28(33)24-36-20-7-21-37-30-16-14-26(15-17-30)32-18-19-34-23-29(32)22-27-11-6-10-25-8-2-4-12-31(25)27/h2-6,8-17,29,32,34H,7,18-24H2,1H3. The molecule has 0 aromatic heterocycles. The molecule has 4 nitrogen and oxygen atoms in total. The summed E-state index contributed by atoms with van der Waals surface area (Å²) in [7, 11) is 1.69. The van der Waals surface area contributed by atoms with Crippen molar-refractivity contribution in [2.45, 2.75) is 31.8 Å². The minimum atomic E-state index is 0.550. The van der Waals surface area contributed by atoms with Gasteiger partial charge in [0.05, 0.1) is 26.9 Å². The molecule has 0 amide bonds. The van der Waals surface area contributed by atoms with E-state index in [1.807, 2.05) is 24.3 Å². The minimum absolute atomic E-state index is 0.550. The fourth-order valence-electron chi connectivity index (χ4n) is 5.50. The number of nitrogens with one attached hydrogen (secondary N) is 1. The maximum atomic E-state index is 6.00. The zero-order chi connectivity index (χ0) is 25.3. The lowest BCUT2D eigenvalue weighted by atomic mass is 9.77. The SMILES string of the molecule is COc1ccccc1COCCCOc1ccc(C2CCNCC2Cc2cccc3ccccc23)cc1. The first-order chi connectivity index (χ1) is 18.3. The van der Waals surface area contributed by atoms with Gasteiger partial charge in [-0.2, -0.15) is 0 Å².